The van der Waals surface area contributed by atoms with E-state index in [9.17, 15) is 9.59 Å². The van der Waals surface area contributed by atoms with Gasteiger partial charge in [0.25, 0.3) is 0 Å². The van der Waals surface area contributed by atoms with Crippen molar-refractivity contribution < 1.29 is 9.59 Å². The van der Waals surface area contributed by atoms with Crippen LogP contribution < -0.4 is 5.32 Å². The first-order valence-electron chi connectivity index (χ1n) is 7.15. The summed E-state index contributed by atoms with van der Waals surface area (Å²) in [6, 6.07) is 11.9. The quantitative estimate of drug-likeness (QED) is 0.726. The maximum Gasteiger partial charge on any atom is 0.248 e. The summed E-state index contributed by atoms with van der Waals surface area (Å²) in [7, 11) is 0. The molecule has 2 N–H and O–H groups in total. The molecular weight excluding hydrogens is 290 g/mol. The minimum Gasteiger partial charge on any atom is -0.344 e. The molecule has 0 aliphatic rings. The second kappa shape index (κ2) is 6.27. The van der Waals surface area contributed by atoms with Crippen molar-refractivity contribution in [2.75, 3.05) is 5.32 Å². The minimum absolute atomic E-state index is 0.174. The lowest BCUT2D eigenvalue weighted by atomic mass is 10.1. The fraction of sp³-hybridized carbons (Fsp3) is 0.0556. The summed E-state index contributed by atoms with van der Waals surface area (Å²) in [5, 5.41) is 3.57. The molecule has 3 aromatic rings. The number of carbonyl (C=O) groups is 2. The number of amides is 1. The van der Waals surface area contributed by atoms with E-state index in [0.29, 0.717) is 11.3 Å². The average Bonchev–Trinajstić information content (AvgIpc) is 2.96. The highest BCUT2D eigenvalue weighted by atomic mass is 16.1. The van der Waals surface area contributed by atoms with Gasteiger partial charge >= 0.3 is 0 Å². The number of nitrogens with one attached hydrogen (secondary N) is 2. The molecule has 114 valence electrons. The number of pyridine rings is 1. The van der Waals surface area contributed by atoms with Gasteiger partial charge in [0.05, 0.1) is 5.69 Å². The number of benzene rings is 1. The number of carbonyl (C=O) groups excluding carboxylic acids is 2. The fourth-order valence-corrected chi connectivity index (χ4v) is 2.26. The maximum absolute atomic E-state index is 11.8. The van der Waals surface area contributed by atoms with Gasteiger partial charge in [-0.1, -0.05) is 30.3 Å². The van der Waals surface area contributed by atoms with Crippen molar-refractivity contribution in [1.82, 2.24) is 9.97 Å². The van der Waals surface area contributed by atoms with Crippen molar-refractivity contribution in [3.05, 3.63) is 60.9 Å². The fourth-order valence-electron chi connectivity index (χ4n) is 2.26. The Bertz CT molecular complexity index is 895. The number of hydrogen-bond acceptors (Lipinski definition) is 3. The van der Waals surface area contributed by atoms with Crippen LogP contribution in [0.15, 0.2) is 60.9 Å². The number of anilines is 1. The molecule has 23 heavy (non-hydrogen) atoms. The molecule has 0 atom stereocenters. The zero-order chi connectivity index (χ0) is 16.2. The Kier molecular flexibility index (Phi) is 4.01. The zero-order valence-corrected chi connectivity index (χ0v) is 12.5. The van der Waals surface area contributed by atoms with Gasteiger partial charge in [-0.2, -0.15) is 0 Å². The van der Waals surface area contributed by atoms with E-state index >= 15 is 0 Å². The second-order valence-corrected chi connectivity index (χ2v) is 5.12. The molecule has 0 saturated heterocycles. The number of nitrogens with zero attached hydrogens (tertiary/aromatic N) is 1. The Morgan fingerprint density at radius 3 is 2.65 bits per heavy atom. The molecule has 0 saturated carbocycles. The largest absolute Gasteiger partial charge is 0.344 e. The van der Waals surface area contributed by atoms with Gasteiger partial charge in [0, 0.05) is 29.4 Å². The third-order valence-electron chi connectivity index (χ3n) is 3.37. The number of ketones is 1. The number of allylic oxidation sites excluding steroid dienone is 1. The van der Waals surface area contributed by atoms with Crippen LogP contribution in [0.5, 0.6) is 0 Å². The van der Waals surface area contributed by atoms with Crippen LogP contribution in [-0.2, 0) is 9.59 Å². The van der Waals surface area contributed by atoms with E-state index in [4.69, 9.17) is 0 Å². The van der Waals surface area contributed by atoms with E-state index in [1.165, 1.54) is 19.1 Å². The Morgan fingerprint density at radius 1 is 1.13 bits per heavy atom. The summed E-state index contributed by atoms with van der Waals surface area (Å²) in [6.45, 7) is 1.39. The van der Waals surface area contributed by atoms with Gasteiger partial charge in [-0.15, -0.1) is 0 Å². The topological polar surface area (TPSA) is 74.8 Å². The van der Waals surface area contributed by atoms with Crippen molar-refractivity contribution in [3.63, 3.8) is 0 Å². The average molecular weight is 305 g/mol. The van der Waals surface area contributed by atoms with Crippen LogP contribution in [0.3, 0.4) is 0 Å². The summed E-state index contributed by atoms with van der Waals surface area (Å²) in [5.41, 5.74) is 3.34. The molecule has 5 heteroatoms. The third kappa shape index (κ3) is 3.35. The van der Waals surface area contributed by atoms with E-state index in [-0.39, 0.29) is 11.7 Å². The lowest BCUT2D eigenvalue weighted by Gasteiger charge is -2.03. The molecule has 2 aromatic heterocycles. The number of aromatic nitrogens is 2. The highest BCUT2D eigenvalue weighted by Crippen LogP contribution is 2.27. The molecule has 1 amide bonds. The van der Waals surface area contributed by atoms with Crippen molar-refractivity contribution >= 4 is 28.4 Å². The Morgan fingerprint density at radius 2 is 1.91 bits per heavy atom. The van der Waals surface area contributed by atoms with Gasteiger partial charge in [0.1, 0.15) is 5.65 Å². The first-order chi connectivity index (χ1) is 11.1. The number of H-pyrrole nitrogens is 1. The van der Waals surface area contributed by atoms with Crippen LogP contribution in [-0.4, -0.2) is 21.7 Å². The highest BCUT2D eigenvalue weighted by molar-refractivity contribution is 6.07. The Balaban J connectivity index is 1.93. The van der Waals surface area contributed by atoms with Gasteiger partial charge in [0.15, 0.2) is 5.78 Å². The first kappa shape index (κ1) is 14.7. The molecule has 5 nitrogen and oxygen atoms in total. The van der Waals surface area contributed by atoms with Crippen LogP contribution in [0.1, 0.15) is 6.92 Å². The minimum atomic E-state index is -0.355. The van der Waals surface area contributed by atoms with Crippen LogP contribution in [0.25, 0.3) is 22.2 Å². The van der Waals surface area contributed by atoms with Gasteiger partial charge in [-0.3, -0.25) is 9.59 Å². The standard InChI is InChI=1S/C18H15N3O2/c1-12(22)7-8-17(23)21-16-11-20-18-15(16)9-14(10-19-18)13-5-3-2-4-6-13/h2-11H,1H3,(H,19,20)(H,21,23)/b8-7-. The van der Waals surface area contributed by atoms with Crippen LogP contribution in [0, 0.1) is 0 Å². The van der Waals surface area contributed by atoms with Gasteiger partial charge < -0.3 is 10.3 Å². The molecule has 0 aliphatic carbocycles. The van der Waals surface area contributed by atoms with E-state index in [2.05, 4.69) is 15.3 Å². The molecule has 3 rings (SSSR count). The third-order valence-corrected chi connectivity index (χ3v) is 3.37. The van der Waals surface area contributed by atoms with Crippen molar-refractivity contribution in [1.29, 1.82) is 0 Å². The maximum atomic E-state index is 11.8. The van der Waals surface area contributed by atoms with Crippen molar-refractivity contribution in [2.45, 2.75) is 6.92 Å². The predicted molar refractivity (Wildman–Crippen MR) is 90.0 cm³/mol. The molecule has 0 spiro atoms. The monoisotopic (exact) mass is 305 g/mol. The molecule has 2 heterocycles. The number of aromatic amines is 1. The van der Waals surface area contributed by atoms with E-state index < -0.39 is 0 Å². The molecular formula is C18H15N3O2. The summed E-state index contributed by atoms with van der Waals surface area (Å²) < 4.78 is 0. The lowest BCUT2D eigenvalue weighted by Crippen LogP contribution is -2.07. The zero-order valence-electron chi connectivity index (χ0n) is 12.5. The SMILES string of the molecule is CC(=O)/C=C\C(=O)Nc1c[nH]c2ncc(-c3ccccc3)cc12. The molecule has 0 radical (unpaired) electrons. The molecule has 1 aromatic carbocycles. The second-order valence-electron chi connectivity index (χ2n) is 5.12. The van der Waals surface area contributed by atoms with Crippen LogP contribution in [0.2, 0.25) is 0 Å². The molecule has 0 bridgehead atoms. The number of hydrogen-bond donors (Lipinski definition) is 2. The van der Waals surface area contributed by atoms with Gasteiger partial charge in [-0.05, 0) is 24.6 Å². The normalized spacial score (nSPS) is 11.0. The summed E-state index contributed by atoms with van der Waals surface area (Å²) in [6.07, 6.45) is 5.93. The Hall–Kier alpha value is -3.21. The van der Waals surface area contributed by atoms with Crippen molar-refractivity contribution in [2.24, 2.45) is 0 Å². The summed E-state index contributed by atoms with van der Waals surface area (Å²) in [5.74, 6) is -0.529. The molecule has 0 aliphatic heterocycles. The summed E-state index contributed by atoms with van der Waals surface area (Å²) >= 11 is 0. The van der Waals surface area contributed by atoms with E-state index in [0.717, 1.165) is 16.5 Å². The van der Waals surface area contributed by atoms with Crippen molar-refractivity contribution in [3.8, 4) is 11.1 Å². The van der Waals surface area contributed by atoms with Crippen LogP contribution in [0.4, 0.5) is 5.69 Å². The highest BCUT2D eigenvalue weighted by Gasteiger charge is 2.08. The van der Waals surface area contributed by atoms with Gasteiger partial charge in [-0.25, -0.2) is 4.98 Å². The number of fused-ring (bicyclic) bond motifs is 1. The number of rotatable bonds is 4. The predicted octanol–water partition coefficient (Wildman–Crippen LogP) is 3.31. The molecule has 0 unspecified atom stereocenters. The van der Waals surface area contributed by atoms with Gasteiger partial charge in [0.2, 0.25) is 5.91 Å². The van der Waals surface area contributed by atoms with E-state index in [1.807, 2.05) is 36.4 Å². The van der Waals surface area contributed by atoms with Crippen LogP contribution >= 0.6 is 0 Å². The van der Waals surface area contributed by atoms with E-state index in [1.54, 1.807) is 12.4 Å². The smallest absolute Gasteiger partial charge is 0.248 e. The molecule has 0 fully saturated rings. The Labute approximate surface area is 133 Å². The summed E-state index contributed by atoms with van der Waals surface area (Å²) in [4.78, 5) is 30.1. The lowest BCUT2D eigenvalue weighted by molar-refractivity contribution is -0.114. The first-order valence-corrected chi connectivity index (χ1v) is 7.15.